The highest BCUT2D eigenvalue weighted by molar-refractivity contribution is 7.14. The molecule has 2 aliphatic rings. The summed E-state index contributed by atoms with van der Waals surface area (Å²) in [5, 5.41) is 10.0. The third-order valence-corrected chi connectivity index (χ3v) is 7.35. The van der Waals surface area contributed by atoms with E-state index in [9.17, 15) is 9.90 Å². The summed E-state index contributed by atoms with van der Waals surface area (Å²) >= 11 is 1.62. The van der Waals surface area contributed by atoms with Crippen LogP contribution in [0.25, 0.3) is 6.08 Å². The van der Waals surface area contributed by atoms with E-state index < -0.39 is 0 Å². The minimum absolute atomic E-state index is 0.0365. The molecule has 0 amide bonds. The normalized spacial score (nSPS) is 21.8. The van der Waals surface area contributed by atoms with E-state index in [1.165, 1.54) is 30.2 Å². The van der Waals surface area contributed by atoms with Crippen LogP contribution in [0, 0.1) is 18.3 Å². The average molecular weight is 384 g/mol. The van der Waals surface area contributed by atoms with Gasteiger partial charge in [-0.25, -0.2) is 0 Å². The number of fused-ring (bicyclic) bond motifs is 3. The molecule has 1 unspecified atom stereocenters. The highest BCUT2D eigenvalue weighted by Gasteiger charge is 2.63. The van der Waals surface area contributed by atoms with E-state index in [2.05, 4.69) is 20.8 Å². The fourth-order valence-corrected chi connectivity index (χ4v) is 5.74. The van der Waals surface area contributed by atoms with Crippen molar-refractivity contribution >= 4 is 23.2 Å². The second kappa shape index (κ2) is 6.13. The summed E-state index contributed by atoms with van der Waals surface area (Å²) in [6.07, 6.45) is 4.37. The zero-order valence-electron chi connectivity index (χ0n) is 16.3. The summed E-state index contributed by atoms with van der Waals surface area (Å²) < 4.78 is 10.3. The number of carbonyl (C=O) groups excluding carboxylic acids is 1. The Labute approximate surface area is 163 Å². The summed E-state index contributed by atoms with van der Waals surface area (Å²) in [6, 6.07) is 3.37. The number of ketones is 1. The number of aryl methyl sites for hydroxylation is 1. The molecule has 5 heteroatoms. The van der Waals surface area contributed by atoms with Crippen LogP contribution in [-0.4, -0.2) is 25.1 Å². The third kappa shape index (κ3) is 2.67. The van der Waals surface area contributed by atoms with E-state index in [-0.39, 0.29) is 11.5 Å². The Balaban J connectivity index is 1.61. The van der Waals surface area contributed by atoms with Crippen LogP contribution in [0.5, 0.6) is 17.2 Å². The van der Waals surface area contributed by atoms with E-state index in [1.807, 2.05) is 0 Å². The van der Waals surface area contributed by atoms with Crippen molar-refractivity contribution in [2.45, 2.75) is 33.1 Å². The SMILES string of the molecule is COc1cc(/C=C/C(=O)c2sc(C)c3c2CC2[C@H]3C2(C)C)cc(OC)c1O. The second-order valence-corrected chi connectivity index (χ2v) is 9.19. The monoisotopic (exact) mass is 384 g/mol. The molecule has 1 N–H and O–H groups in total. The highest BCUT2D eigenvalue weighted by atomic mass is 32.1. The lowest BCUT2D eigenvalue weighted by atomic mass is 9.94. The number of rotatable bonds is 5. The minimum atomic E-state index is -0.0444. The number of aromatic hydroxyl groups is 1. The van der Waals surface area contributed by atoms with Gasteiger partial charge in [0, 0.05) is 4.88 Å². The fraction of sp³-hybridized carbons (Fsp3) is 0.409. The van der Waals surface area contributed by atoms with Crippen molar-refractivity contribution in [1.29, 1.82) is 0 Å². The number of phenolic OH excluding ortho intramolecular Hbond substituents is 1. The first kappa shape index (κ1) is 18.1. The Kier molecular flexibility index (Phi) is 4.11. The van der Waals surface area contributed by atoms with Gasteiger partial charge in [0.15, 0.2) is 17.3 Å². The molecular formula is C22H24O4S. The Morgan fingerprint density at radius 3 is 2.48 bits per heavy atom. The summed E-state index contributed by atoms with van der Waals surface area (Å²) in [5.74, 6) is 1.94. The quantitative estimate of drug-likeness (QED) is 0.584. The largest absolute Gasteiger partial charge is 0.502 e. The number of hydrogen-bond acceptors (Lipinski definition) is 5. The first-order valence-corrected chi connectivity index (χ1v) is 9.90. The molecule has 1 fully saturated rings. The molecule has 4 nitrogen and oxygen atoms in total. The Bertz CT molecular complexity index is 942. The van der Waals surface area contributed by atoms with Crippen LogP contribution >= 0.6 is 11.3 Å². The van der Waals surface area contributed by atoms with Gasteiger partial charge in [0.2, 0.25) is 5.75 Å². The lowest BCUT2D eigenvalue weighted by molar-refractivity contribution is 0.105. The van der Waals surface area contributed by atoms with Crippen molar-refractivity contribution in [2.75, 3.05) is 14.2 Å². The summed E-state index contributed by atoms with van der Waals surface area (Å²) in [6.45, 7) is 6.79. The zero-order chi connectivity index (χ0) is 19.5. The van der Waals surface area contributed by atoms with E-state index in [1.54, 1.807) is 35.6 Å². The van der Waals surface area contributed by atoms with Crippen molar-refractivity contribution < 1.29 is 19.4 Å². The smallest absolute Gasteiger partial charge is 0.200 e. The van der Waals surface area contributed by atoms with Crippen molar-refractivity contribution in [3.8, 4) is 17.2 Å². The molecule has 1 saturated carbocycles. The van der Waals surface area contributed by atoms with Gasteiger partial charge in [0.1, 0.15) is 0 Å². The summed E-state index contributed by atoms with van der Waals surface area (Å²) in [4.78, 5) is 15.0. The van der Waals surface area contributed by atoms with Gasteiger partial charge in [-0.3, -0.25) is 4.79 Å². The van der Waals surface area contributed by atoms with Gasteiger partial charge in [-0.2, -0.15) is 0 Å². The number of thiophene rings is 1. The van der Waals surface area contributed by atoms with E-state index in [0.717, 1.165) is 16.9 Å². The van der Waals surface area contributed by atoms with Crippen LogP contribution in [0.4, 0.5) is 0 Å². The van der Waals surface area contributed by atoms with Crippen LogP contribution in [0.3, 0.4) is 0 Å². The predicted octanol–water partition coefficient (Wildman–Crippen LogP) is 4.97. The third-order valence-electron chi connectivity index (χ3n) is 6.17. The summed E-state index contributed by atoms with van der Waals surface area (Å²) in [7, 11) is 2.97. The van der Waals surface area contributed by atoms with E-state index in [4.69, 9.17) is 9.47 Å². The highest BCUT2D eigenvalue weighted by Crippen LogP contribution is 2.71. The van der Waals surface area contributed by atoms with Crippen molar-refractivity contribution in [1.82, 2.24) is 0 Å². The lowest BCUT2D eigenvalue weighted by Gasteiger charge is -2.10. The molecule has 27 heavy (non-hydrogen) atoms. The molecule has 0 radical (unpaired) electrons. The molecule has 4 rings (SSSR count). The topological polar surface area (TPSA) is 55.8 Å². The van der Waals surface area contributed by atoms with E-state index >= 15 is 0 Å². The fourth-order valence-electron chi connectivity index (χ4n) is 4.59. The number of methoxy groups -OCH3 is 2. The van der Waals surface area contributed by atoms with Gasteiger partial charge in [0.25, 0.3) is 0 Å². The zero-order valence-corrected chi connectivity index (χ0v) is 17.1. The number of carbonyl (C=O) groups is 1. The molecule has 0 spiro atoms. The number of allylic oxidation sites excluding steroid dienone is 1. The number of benzene rings is 1. The molecule has 0 bridgehead atoms. The maximum absolute atomic E-state index is 12.9. The van der Waals surface area contributed by atoms with Crippen LogP contribution in [0.15, 0.2) is 18.2 Å². The van der Waals surface area contributed by atoms with Crippen molar-refractivity contribution in [3.05, 3.63) is 44.7 Å². The molecule has 2 aliphatic carbocycles. The number of ether oxygens (including phenoxy) is 2. The standard InChI is InChI=1S/C22H24O4S/c1-11-18-13(10-14-19(18)22(14,2)3)21(27-11)15(23)7-6-12-8-16(25-4)20(24)17(9-12)26-5/h6-9,14,19,24H,10H2,1-5H3/b7-6+/t14?,19-/m1/s1. The molecule has 2 aromatic rings. The van der Waals surface area contributed by atoms with Crippen LogP contribution in [0.1, 0.15) is 51.0 Å². The Morgan fingerprint density at radius 2 is 1.89 bits per heavy atom. The molecule has 1 heterocycles. The Morgan fingerprint density at radius 1 is 1.26 bits per heavy atom. The lowest BCUT2D eigenvalue weighted by Crippen LogP contribution is -2.03. The van der Waals surface area contributed by atoms with Crippen molar-refractivity contribution in [2.24, 2.45) is 11.3 Å². The van der Waals surface area contributed by atoms with Gasteiger partial charge >= 0.3 is 0 Å². The minimum Gasteiger partial charge on any atom is -0.502 e. The molecule has 0 saturated heterocycles. The van der Waals surface area contributed by atoms with Gasteiger partial charge in [0.05, 0.1) is 19.1 Å². The molecule has 142 valence electrons. The van der Waals surface area contributed by atoms with Crippen LogP contribution < -0.4 is 9.47 Å². The number of phenols is 1. The second-order valence-electron chi connectivity index (χ2n) is 7.96. The van der Waals surface area contributed by atoms with E-state index in [0.29, 0.717) is 28.7 Å². The molecule has 0 aliphatic heterocycles. The van der Waals surface area contributed by atoms with Gasteiger partial charge in [-0.1, -0.05) is 19.9 Å². The molecule has 2 atom stereocenters. The maximum Gasteiger partial charge on any atom is 0.200 e. The summed E-state index contributed by atoms with van der Waals surface area (Å²) in [5.41, 5.74) is 3.82. The predicted molar refractivity (Wildman–Crippen MR) is 107 cm³/mol. The average Bonchev–Trinajstić information content (AvgIpc) is 2.97. The first-order chi connectivity index (χ1) is 12.8. The first-order valence-electron chi connectivity index (χ1n) is 9.09. The van der Waals surface area contributed by atoms with Gasteiger partial charge < -0.3 is 14.6 Å². The maximum atomic E-state index is 12.9. The molecule has 1 aromatic heterocycles. The van der Waals surface area contributed by atoms with Crippen LogP contribution in [-0.2, 0) is 6.42 Å². The van der Waals surface area contributed by atoms with Crippen LogP contribution in [0.2, 0.25) is 0 Å². The van der Waals surface area contributed by atoms with Gasteiger partial charge in [-0.05, 0) is 65.5 Å². The van der Waals surface area contributed by atoms with Gasteiger partial charge in [-0.15, -0.1) is 11.3 Å². The molecular weight excluding hydrogens is 360 g/mol. The van der Waals surface area contributed by atoms with Crippen molar-refractivity contribution in [3.63, 3.8) is 0 Å². The Hall–Kier alpha value is -2.27. The molecule has 1 aromatic carbocycles. The number of hydrogen-bond donors (Lipinski definition) is 1.